The minimum atomic E-state index is -5.48. The van der Waals surface area contributed by atoms with Crippen molar-refractivity contribution in [1.29, 1.82) is 0 Å². The fourth-order valence-corrected chi connectivity index (χ4v) is 9.97. The van der Waals surface area contributed by atoms with Crippen LogP contribution in [-0.4, -0.2) is 75.3 Å². The fraction of sp³-hybridized carbons (Fsp3) is 0.600. The van der Waals surface area contributed by atoms with Crippen LogP contribution < -0.4 is 0 Å². The Hall–Kier alpha value is -3.16. The van der Waals surface area contributed by atoms with E-state index in [2.05, 4.69) is 6.92 Å². The van der Waals surface area contributed by atoms with Crippen molar-refractivity contribution in [2.75, 3.05) is 19.8 Å². The molecule has 0 aliphatic carbocycles. The summed E-state index contributed by atoms with van der Waals surface area (Å²) in [7, 11) is 0. The van der Waals surface area contributed by atoms with E-state index in [-0.39, 0.29) is 24.3 Å². The van der Waals surface area contributed by atoms with Crippen molar-refractivity contribution in [2.24, 2.45) is 0 Å². The third kappa shape index (κ3) is 22.1. The van der Waals surface area contributed by atoms with Gasteiger partial charge in [0.2, 0.25) is 0 Å². The van der Waals surface area contributed by atoms with Gasteiger partial charge in [0, 0.05) is 0 Å². The molecule has 0 unspecified atom stereocenters. The molecule has 0 aromatic carbocycles. The first kappa shape index (κ1) is 39.8. The van der Waals surface area contributed by atoms with Gasteiger partial charge in [-0.1, -0.05) is 0 Å². The Bertz CT molecular complexity index is 868. The Labute approximate surface area is 259 Å². The number of rotatable bonds is 23. The van der Waals surface area contributed by atoms with Crippen LogP contribution in [-0.2, 0) is 52.2 Å². The van der Waals surface area contributed by atoms with Gasteiger partial charge >= 0.3 is 260 Å². The number of hydrogen-bond acceptors (Lipinski definition) is 12. The first-order valence-corrected chi connectivity index (χ1v) is 20.4. The van der Waals surface area contributed by atoms with E-state index in [1.54, 1.807) is 20.8 Å². The van der Waals surface area contributed by atoms with Crippen molar-refractivity contribution >= 4 is 55.4 Å². The van der Waals surface area contributed by atoms with E-state index >= 15 is 0 Å². The monoisotopic (exact) mass is 718 g/mol. The van der Waals surface area contributed by atoms with Gasteiger partial charge in [-0.2, -0.15) is 0 Å². The van der Waals surface area contributed by atoms with Gasteiger partial charge in [0.05, 0.1) is 0 Å². The first-order chi connectivity index (χ1) is 20.6. The zero-order valence-corrected chi connectivity index (χ0v) is 28.6. The summed E-state index contributed by atoms with van der Waals surface area (Å²) in [6.07, 6.45) is 14.7. The van der Waals surface area contributed by atoms with Crippen LogP contribution in [0.5, 0.6) is 0 Å². The molecule has 0 aliphatic heterocycles. The average Bonchev–Trinajstić information content (AvgIpc) is 2.95. The summed E-state index contributed by atoms with van der Waals surface area (Å²) in [6.45, 7) is 7.17. The van der Waals surface area contributed by atoms with E-state index < -0.39 is 55.4 Å². The van der Waals surface area contributed by atoms with E-state index in [1.807, 2.05) is 0 Å². The van der Waals surface area contributed by atoms with Crippen LogP contribution in [0.15, 0.2) is 36.5 Å². The third-order valence-corrected chi connectivity index (χ3v) is 12.7. The molecule has 13 heteroatoms. The quantitative estimate of drug-likeness (QED) is 0.0467. The molecule has 0 spiro atoms. The van der Waals surface area contributed by atoms with Crippen LogP contribution in [0.1, 0.15) is 91.9 Å². The van der Waals surface area contributed by atoms with E-state index in [0.717, 1.165) is 62.1 Å². The standard InChI is InChI=1S/C12H25.3C6H8O4.Sn/c1-3-5-7-9-11-12-10-8-6-4-2;3*1-2-10-6(9)4-3-5(7)8;/h1,3-12H2,2H3;3*3-4H,2H2,1H3,(H,7,8);/q;;;;+3/p-3/b;2*4-3-;;. The van der Waals surface area contributed by atoms with Crippen LogP contribution in [0.4, 0.5) is 0 Å². The Morgan fingerprint density at radius 1 is 0.419 bits per heavy atom. The molecule has 0 aromatic heterocycles. The normalized spacial score (nSPS) is 11.4. The van der Waals surface area contributed by atoms with E-state index in [0.29, 0.717) is 12.8 Å². The van der Waals surface area contributed by atoms with Gasteiger partial charge in [-0.25, -0.2) is 0 Å². The molecule has 0 aromatic rings. The fourth-order valence-electron chi connectivity index (χ4n) is 3.59. The maximum atomic E-state index is 12.7. The average molecular weight is 717 g/mol. The van der Waals surface area contributed by atoms with Crippen molar-refractivity contribution in [3.63, 3.8) is 0 Å². The van der Waals surface area contributed by atoms with Crippen molar-refractivity contribution in [3.8, 4) is 0 Å². The predicted molar refractivity (Wildman–Crippen MR) is 158 cm³/mol. The summed E-state index contributed by atoms with van der Waals surface area (Å²) in [5.74, 6) is -5.71. The second kappa shape index (κ2) is 25.3. The number of carbonyl (C=O) groups excluding carboxylic acids is 6. The van der Waals surface area contributed by atoms with Gasteiger partial charge in [0.1, 0.15) is 0 Å². The topological polar surface area (TPSA) is 158 Å². The maximum absolute atomic E-state index is 12.7. The molecule has 0 saturated heterocycles. The summed E-state index contributed by atoms with van der Waals surface area (Å²) in [5, 5.41) is 0. The van der Waals surface area contributed by atoms with Crippen LogP contribution in [0.2, 0.25) is 4.44 Å². The van der Waals surface area contributed by atoms with Crippen molar-refractivity contribution in [1.82, 2.24) is 0 Å². The van der Waals surface area contributed by atoms with E-state index in [9.17, 15) is 28.8 Å². The molecule has 0 N–H and O–H groups in total. The number of unbranched alkanes of at least 4 members (excludes halogenated alkanes) is 9. The second-order valence-electron chi connectivity index (χ2n) is 9.13. The Balaban J connectivity index is 5.85. The molecule has 0 heterocycles. The molecular formula is C30H46O12Sn. The molecule has 0 saturated carbocycles. The third-order valence-electron chi connectivity index (χ3n) is 5.53. The molecule has 0 atom stereocenters. The van der Waals surface area contributed by atoms with Crippen molar-refractivity contribution < 1.29 is 52.2 Å². The van der Waals surface area contributed by atoms with Gasteiger partial charge in [0.25, 0.3) is 0 Å². The second-order valence-corrected chi connectivity index (χ2v) is 16.2. The molecule has 0 amide bonds. The molecule has 0 bridgehead atoms. The first-order valence-electron chi connectivity index (χ1n) is 14.8. The number of carbonyl (C=O) groups is 6. The molecule has 0 rings (SSSR count). The van der Waals surface area contributed by atoms with Gasteiger partial charge in [0.15, 0.2) is 0 Å². The van der Waals surface area contributed by atoms with Crippen molar-refractivity contribution in [3.05, 3.63) is 36.5 Å². The summed E-state index contributed by atoms with van der Waals surface area (Å²) < 4.78 is 30.6. The van der Waals surface area contributed by atoms with Crippen LogP contribution in [0, 0.1) is 0 Å². The number of ether oxygens (including phenoxy) is 3. The molecule has 0 aliphatic rings. The predicted octanol–water partition coefficient (Wildman–Crippen LogP) is 4.83. The molecule has 242 valence electrons. The Kier molecular flexibility index (Phi) is 23.5. The van der Waals surface area contributed by atoms with Crippen LogP contribution in [0.25, 0.3) is 0 Å². The summed E-state index contributed by atoms with van der Waals surface area (Å²) in [5.41, 5.74) is 0. The zero-order valence-electron chi connectivity index (χ0n) is 25.8. The molecule has 43 heavy (non-hydrogen) atoms. The Morgan fingerprint density at radius 2 is 0.698 bits per heavy atom. The van der Waals surface area contributed by atoms with E-state index in [1.165, 1.54) is 25.7 Å². The summed E-state index contributed by atoms with van der Waals surface area (Å²) in [6, 6.07) is 0. The zero-order chi connectivity index (χ0) is 32.3. The van der Waals surface area contributed by atoms with Crippen LogP contribution >= 0.6 is 0 Å². The van der Waals surface area contributed by atoms with Crippen LogP contribution in [0.3, 0.4) is 0 Å². The van der Waals surface area contributed by atoms with Gasteiger partial charge in [-0.05, 0) is 0 Å². The van der Waals surface area contributed by atoms with Gasteiger partial charge < -0.3 is 0 Å². The summed E-state index contributed by atoms with van der Waals surface area (Å²) >= 11 is -5.48. The van der Waals surface area contributed by atoms with Gasteiger partial charge in [-0.3, -0.25) is 0 Å². The molecule has 0 radical (unpaired) electrons. The molecule has 0 fully saturated rings. The van der Waals surface area contributed by atoms with Crippen molar-refractivity contribution in [2.45, 2.75) is 96.3 Å². The molecular weight excluding hydrogens is 671 g/mol. The number of hydrogen-bond donors (Lipinski definition) is 0. The SMILES string of the molecule is CCCCCCCCCCC[CH2][Sn]([O]C(=O)C=CC(=O)OCC)([O]C(=O)/C=C\C(=O)OCC)[O]C(=O)/C=C\C(=O)OCC. The number of esters is 3. The molecule has 12 nitrogen and oxygen atoms in total. The Morgan fingerprint density at radius 3 is 1.00 bits per heavy atom. The van der Waals surface area contributed by atoms with Gasteiger partial charge in [-0.15, -0.1) is 0 Å². The summed E-state index contributed by atoms with van der Waals surface area (Å²) in [4.78, 5) is 73.1. The van der Waals surface area contributed by atoms with E-state index in [4.69, 9.17) is 23.4 Å². The minimum absolute atomic E-state index is 0.0673.